The van der Waals surface area contributed by atoms with Gasteiger partial charge in [-0.15, -0.1) is 0 Å². The molecule has 1 aromatic heterocycles. The molecule has 0 aliphatic carbocycles. The number of benzene rings is 2. The first kappa shape index (κ1) is 34.1. The van der Waals surface area contributed by atoms with E-state index in [1.807, 2.05) is 0 Å². The molecule has 17 heteroatoms. The number of hydrogen-bond acceptors (Lipinski definition) is 17. The Morgan fingerprint density at radius 2 is 1.57 bits per heavy atom. The molecule has 3 heterocycles. The fourth-order valence-corrected chi connectivity index (χ4v) is 5.23. The molecule has 0 radical (unpaired) electrons. The minimum absolute atomic E-state index is 0.0510. The highest BCUT2D eigenvalue weighted by atomic mass is 16.8. The van der Waals surface area contributed by atoms with Gasteiger partial charge in [-0.3, -0.25) is 9.59 Å². The molecule has 17 nitrogen and oxygen atoms in total. The van der Waals surface area contributed by atoms with E-state index in [0.717, 1.165) is 19.1 Å². The Bertz CT molecular complexity index is 1670. The van der Waals surface area contributed by atoms with Crippen molar-refractivity contribution >= 4 is 16.9 Å². The quantitative estimate of drug-likeness (QED) is 0.108. The first-order valence-electron chi connectivity index (χ1n) is 14.3. The second kappa shape index (κ2) is 13.5. The summed E-state index contributed by atoms with van der Waals surface area (Å²) in [6.07, 6.45) is -16.5. The zero-order valence-electron chi connectivity index (χ0n) is 25.1. The van der Waals surface area contributed by atoms with Gasteiger partial charge < -0.3 is 73.7 Å². The number of carbonyl (C=O) groups is 1. The van der Waals surface area contributed by atoms with E-state index in [1.54, 1.807) is 0 Å². The van der Waals surface area contributed by atoms with Crippen LogP contribution < -0.4 is 14.9 Å². The Hall–Kier alpha value is -4.20. The standard InChI is InChI=1S/C30H34O17/c1-10-21(34)25(38)27(40)29(43-10)47-28-26(39)23(36)19(9-42-11(2)31)46-30(28)45-18-8-17-20(24(37)22(18)35)14(33)7-16(44-17)12-4-5-15(41-3)13(32)6-12/h4-8,10,19,21,23,25-30,32,34-40H,9H2,1-3H3/t10-,19+,21-,23+,25+,26-,27+,28+,29+,30+/m0/s1. The first-order valence-corrected chi connectivity index (χ1v) is 14.3. The Labute approximate surface area is 265 Å². The van der Waals surface area contributed by atoms with Crippen molar-refractivity contribution in [2.45, 2.75) is 75.3 Å². The average molecular weight is 667 g/mol. The fourth-order valence-electron chi connectivity index (χ4n) is 5.23. The van der Waals surface area contributed by atoms with Crippen molar-refractivity contribution in [2.24, 2.45) is 0 Å². The molecule has 2 aliphatic heterocycles. The zero-order valence-corrected chi connectivity index (χ0v) is 25.1. The zero-order chi connectivity index (χ0) is 34.3. The lowest BCUT2D eigenvalue weighted by atomic mass is 9.97. The minimum Gasteiger partial charge on any atom is -0.504 e. The summed E-state index contributed by atoms with van der Waals surface area (Å²) in [6, 6.07) is 6.24. The van der Waals surface area contributed by atoms with Crippen LogP contribution in [0.4, 0.5) is 0 Å². The van der Waals surface area contributed by atoms with E-state index in [2.05, 4.69) is 0 Å². The summed E-state index contributed by atoms with van der Waals surface area (Å²) in [4.78, 5) is 24.4. The van der Waals surface area contributed by atoms with Crippen LogP contribution in [0.15, 0.2) is 39.5 Å². The van der Waals surface area contributed by atoms with Gasteiger partial charge in [-0.25, -0.2) is 0 Å². The molecule has 0 amide bonds. The molecule has 10 atom stereocenters. The van der Waals surface area contributed by atoms with Gasteiger partial charge in [0.2, 0.25) is 12.0 Å². The lowest BCUT2D eigenvalue weighted by Gasteiger charge is -2.45. The number of methoxy groups -OCH3 is 1. The molecule has 2 saturated heterocycles. The third-order valence-electron chi connectivity index (χ3n) is 7.83. The van der Waals surface area contributed by atoms with E-state index in [1.165, 1.54) is 32.2 Å². The molecule has 0 spiro atoms. The molecule has 0 bridgehead atoms. The predicted octanol–water partition coefficient (Wildman–Crippen LogP) is -0.813. The molecule has 8 N–H and O–H groups in total. The number of carbonyl (C=O) groups excluding carboxylic acids is 1. The predicted molar refractivity (Wildman–Crippen MR) is 155 cm³/mol. The summed E-state index contributed by atoms with van der Waals surface area (Å²) in [5, 5.41) is 84.0. The van der Waals surface area contributed by atoms with Gasteiger partial charge in [0.25, 0.3) is 0 Å². The van der Waals surface area contributed by atoms with Crippen LogP contribution in [0.3, 0.4) is 0 Å². The fraction of sp³-hybridized carbons (Fsp3) is 0.467. The number of hydrogen-bond donors (Lipinski definition) is 8. The largest absolute Gasteiger partial charge is 0.504 e. The number of esters is 1. The smallest absolute Gasteiger partial charge is 0.302 e. The van der Waals surface area contributed by atoms with E-state index < -0.39 is 102 Å². The maximum atomic E-state index is 13.0. The van der Waals surface area contributed by atoms with E-state index in [-0.39, 0.29) is 28.4 Å². The highest BCUT2D eigenvalue weighted by Crippen LogP contribution is 2.43. The molecular weight excluding hydrogens is 632 g/mol. The molecule has 256 valence electrons. The molecule has 5 rings (SSSR count). The van der Waals surface area contributed by atoms with Crippen LogP contribution in [0.1, 0.15) is 13.8 Å². The molecule has 47 heavy (non-hydrogen) atoms. The Kier molecular flexibility index (Phi) is 9.81. The van der Waals surface area contributed by atoms with Gasteiger partial charge >= 0.3 is 5.97 Å². The second-order valence-electron chi connectivity index (χ2n) is 11.0. The van der Waals surface area contributed by atoms with Crippen molar-refractivity contribution in [3.05, 3.63) is 40.6 Å². The summed E-state index contributed by atoms with van der Waals surface area (Å²) in [6.45, 7) is 1.92. The SMILES string of the molecule is COc1ccc(-c2cc(=O)c3c(O)c(O)c(O[C@@H]4O[C@H](COC(C)=O)[C@@H](O)[C@H](O)[C@H]4O[C@H]4O[C@@H](C)[C@H](O)[C@@H](O)[C@H]4O)cc3o2)cc1O. The van der Waals surface area contributed by atoms with Crippen molar-refractivity contribution in [3.63, 3.8) is 0 Å². The van der Waals surface area contributed by atoms with Crippen LogP contribution in [-0.2, 0) is 23.7 Å². The number of ether oxygens (including phenoxy) is 6. The van der Waals surface area contributed by atoms with Gasteiger partial charge in [-0.2, -0.15) is 0 Å². The Balaban J connectivity index is 1.53. The molecule has 3 aromatic rings. The third-order valence-corrected chi connectivity index (χ3v) is 7.83. The van der Waals surface area contributed by atoms with Crippen LogP contribution >= 0.6 is 0 Å². The van der Waals surface area contributed by atoms with Crippen molar-refractivity contribution < 1.29 is 78.5 Å². The summed E-state index contributed by atoms with van der Waals surface area (Å²) in [5.41, 5.74) is -0.820. The summed E-state index contributed by atoms with van der Waals surface area (Å²) in [7, 11) is 1.35. The topological polar surface area (TPSA) is 264 Å². The Morgan fingerprint density at radius 1 is 0.851 bits per heavy atom. The summed E-state index contributed by atoms with van der Waals surface area (Å²) < 4.78 is 38.4. The van der Waals surface area contributed by atoms with E-state index in [0.29, 0.717) is 0 Å². The van der Waals surface area contributed by atoms with Gasteiger partial charge in [-0.05, 0) is 25.1 Å². The highest BCUT2D eigenvalue weighted by Gasteiger charge is 2.51. The van der Waals surface area contributed by atoms with Gasteiger partial charge in [-0.1, -0.05) is 0 Å². The van der Waals surface area contributed by atoms with Crippen molar-refractivity contribution in [2.75, 3.05) is 13.7 Å². The number of fused-ring (bicyclic) bond motifs is 1. The lowest BCUT2D eigenvalue weighted by molar-refractivity contribution is -0.354. The molecule has 2 aliphatic rings. The van der Waals surface area contributed by atoms with Gasteiger partial charge in [0.15, 0.2) is 40.8 Å². The minimum atomic E-state index is -1.90. The van der Waals surface area contributed by atoms with Gasteiger partial charge in [0.1, 0.15) is 60.0 Å². The maximum Gasteiger partial charge on any atom is 0.302 e. The second-order valence-corrected chi connectivity index (χ2v) is 11.0. The third kappa shape index (κ3) is 6.65. The van der Waals surface area contributed by atoms with Crippen molar-refractivity contribution in [1.29, 1.82) is 0 Å². The lowest BCUT2D eigenvalue weighted by Crippen LogP contribution is -2.64. The van der Waals surface area contributed by atoms with Crippen LogP contribution in [0.2, 0.25) is 0 Å². The highest BCUT2D eigenvalue weighted by molar-refractivity contribution is 5.89. The van der Waals surface area contributed by atoms with Crippen molar-refractivity contribution in [3.8, 4) is 40.1 Å². The molecule has 0 unspecified atom stereocenters. The summed E-state index contributed by atoms with van der Waals surface area (Å²) >= 11 is 0. The molecule has 0 saturated carbocycles. The molecule has 2 aromatic carbocycles. The van der Waals surface area contributed by atoms with Crippen LogP contribution in [0, 0.1) is 0 Å². The molecular formula is C30H34O17. The average Bonchev–Trinajstić information content (AvgIpc) is 3.03. The van der Waals surface area contributed by atoms with Gasteiger partial charge in [0.05, 0.1) is 13.2 Å². The number of phenolic OH excluding ortho intramolecular Hbond substituents is 3. The van der Waals surface area contributed by atoms with Crippen LogP contribution in [-0.4, -0.2) is 122 Å². The number of rotatable bonds is 8. The van der Waals surface area contributed by atoms with Crippen LogP contribution in [0.5, 0.6) is 28.7 Å². The maximum absolute atomic E-state index is 13.0. The number of aliphatic hydroxyl groups is 5. The number of aromatic hydroxyl groups is 3. The normalized spacial score (nSPS) is 31.0. The van der Waals surface area contributed by atoms with Crippen LogP contribution in [0.25, 0.3) is 22.3 Å². The van der Waals surface area contributed by atoms with E-state index in [4.69, 9.17) is 32.8 Å². The van der Waals surface area contributed by atoms with Crippen molar-refractivity contribution in [1.82, 2.24) is 0 Å². The van der Waals surface area contributed by atoms with E-state index >= 15 is 0 Å². The number of aliphatic hydroxyl groups excluding tert-OH is 5. The number of phenols is 3. The summed E-state index contributed by atoms with van der Waals surface area (Å²) in [5.74, 6) is -3.36. The molecule has 2 fully saturated rings. The first-order chi connectivity index (χ1) is 22.2. The monoisotopic (exact) mass is 666 g/mol. The van der Waals surface area contributed by atoms with E-state index in [9.17, 15) is 50.4 Å². The Morgan fingerprint density at radius 3 is 2.23 bits per heavy atom. The van der Waals surface area contributed by atoms with Gasteiger partial charge in [0, 0.05) is 24.6 Å².